The molecule has 6 heteroatoms. The van der Waals surface area contributed by atoms with E-state index in [0.29, 0.717) is 5.56 Å². The molecule has 0 saturated carbocycles. The van der Waals surface area contributed by atoms with Crippen LogP contribution in [0.5, 0.6) is 0 Å². The van der Waals surface area contributed by atoms with Gasteiger partial charge in [0.15, 0.2) is 0 Å². The molecule has 1 aromatic carbocycles. The van der Waals surface area contributed by atoms with Crippen LogP contribution in [0, 0.1) is 0 Å². The molecular formula is C8H10NaO4P. The summed E-state index contributed by atoms with van der Waals surface area (Å²) in [6.07, 6.45) is 0. The van der Waals surface area contributed by atoms with Crippen molar-refractivity contribution in [2.45, 2.75) is 0 Å². The maximum atomic E-state index is 11.1. The third kappa shape index (κ3) is 4.40. The summed E-state index contributed by atoms with van der Waals surface area (Å²) in [7, 11) is -1.45. The van der Waals surface area contributed by atoms with Crippen molar-refractivity contribution in [2.75, 3.05) is 7.11 Å². The van der Waals surface area contributed by atoms with Crippen molar-refractivity contribution in [3.8, 4) is 0 Å². The third-order valence-corrected chi connectivity index (χ3v) is 2.04. The Bertz CT molecular complexity index is 314. The Kier molecular flexibility index (Phi) is 7.15. The second-order valence-corrected chi connectivity index (χ2v) is 3.32. The average Bonchev–Trinajstić information content (AvgIpc) is 2.19. The molecule has 1 atom stereocenters. The first-order valence-corrected chi connectivity index (χ1v) is 4.81. The quantitative estimate of drug-likeness (QED) is 0.572. The summed E-state index contributed by atoms with van der Waals surface area (Å²) in [6, 6.07) is 8.32. The van der Waals surface area contributed by atoms with Crippen molar-refractivity contribution in [3.05, 3.63) is 35.9 Å². The van der Waals surface area contributed by atoms with Gasteiger partial charge in [-0.1, -0.05) is 18.2 Å². The fourth-order valence-corrected chi connectivity index (χ4v) is 1.10. The predicted octanol–water partition coefficient (Wildman–Crippen LogP) is 1.23. The van der Waals surface area contributed by atoms with Crippen molar-refractivity contribution in [3.63, 3.8) is 0 Å². The molecule has 0 radical (unpaired) electrons. The van der Waals surface area contributed by atoms with E-state index in [4.69, 9.17) is 0 Å². The van der Waals surface area contributed by atoms with Crippen LogP contribution < -0.4 is 0 Å². The molecule has 0 amide bonds. The second-order valence-electron chi connectivity index (χ2n) is 2.21. The minimum absolute atomic E-state index is 0. The van der Waals surface area contributed by atoms with Crippen molar-refractivity contribution in [1.82, 2.24) is 0 Å². The Labute approximate surface area is 105 Å². The zero-order valence-corrected chi connectivity index (χ0v) is 8.02. The van der Waals surface area contributed by atoms with E-state index in [-0.39, 0.29) is 29.6 Å². The summed E-state index contributed by atoms with van der Waals surface area (Å²) < 4.78 is 19.5. The molecule has 14 heavy (non-hydrogen) atoms. The Morgan fingerprint density at radius 2 is 1.86 bits per heavy atom. The first-order valence-electron chi connectivity index (χ1n) is 3.59. The molecule has 0 aliphatic carbocycles. The first kappa shape index (κ1) is 13.9. The molecule has 0 heterocycles. The van der Waals surface area contributed by atoms with Crippen LogP contribution in [0.15, 0.2) is 30.3 Å². The van der Waals surface area contributed by atoms with E-state index in [2.05, 4.69) is 9.05 Å². The zero-order valence-electron chi connectivity index (χ0n) is 7.02. The van der Waals surface area contributed by atoms with E-state index in [1.165, 1.54) is 7.11 Å². The summed E-state index contributed by atoms with van der Waals surface area (Å²) in [4.78, 5) is 11.1. The van der Waals surface area contributed by atoms with Crippen LogP contribution in [0.1, 0.15) is 10.4 Å². The van der Waals surface area contributed by atoms with Crippen LogP contribution in [0.4, 0.5) is 0 Å². The summed E-state index contributed by atoms with van der Waals surface area (Å²) >= 11 is 0. The normalized spacial score (nSPS) is 11.2. The molecule has 0 aliphatic rings. The van der Waals surface area contributed by atoms with E-state index >= 15 is 0 Å². The van der Waals surface area contributed by atoms with E-state index in [1.807, 2.05) is 0 Å². The van der Waals surface area contributed by atoms with Gasteiger partial charge < -0.3 is 9.05 Å². The van der Waals surface area contributed by atoms with Gasteiger partial charge >= 0.3 is 43.8 Å². The maximum absolute atomic E-state index is 11.1. The Balaban J connectivity index is 0.00000169. The third-order valence-electron chi connectivity index (χ3n) is 1.35. The van der Waals surface area contributed by atoms with Crippen LogP contribution >= 0.6 is 8.25 Å². The molecule has 0 aromatic heterocycles. The molecule has 72 valence electrons. The molecule has 0 saturated heterocycles. The summed E-state index contributed by atoms with van der Waals surface area (Å²) in [5, 5.41) is 0. The van der Waals surface area contributed by atoms with Gasteiger partial charge in [-0.15, -0.1) is 0 Å². The second kappa shape index (κ2) is 7.21. The van der Waals surface area contributed by atoms with E-state index in [1.54, 1.807) is 30.3 Å². The fourth-order valence-electron chi connectivity index (χ4n) is 0.751. The number of carbonyl (C=O) groups is 1. The number of carbonyl (C=O) groups excluding carboxylic acids is 1. The van der Waals surface area contributed by atoms with Crippen LogP contribution in [0.25, 0.3) is 0 Å². The number of hydrogen-bond donors (Lipinski definition) is 0. The topological polar surface area (TPSA) is 52.6 Å². The van der Waals surface area contributed by atoms with Crippen LogP contribution in [-0.4, -0.2) is 42.6 Å². The van der Waals surface area contributed by atoms with Gasteiger partial charge in [-0.05, 0) is 12.1 Å². The number of rotatable bonds is 3. The standard InChI is InChI=1S/C8H9O4P.Na.H/c1-11-13(10)12-8(9)7-5-3-2-4-6-7;;/h2-6,13H,1H3;;. The summed E-state index contributed by atoms with van der Waals surface area (Å²) in [6.45, 7) is 0. The van der Waals surface area contributed by atoms with Gasteiger partial charge in [0.1, 0.15) is 0 Å². The molecular weight excluding hydrogens is 214 g/mol. The van der Waals surface area contributed by atoms with E-state index < -0.39 is 14.2 Å². The molecule has 4 nitrogen and oxygen atoms in total. The summed E-state index contributed by atoms with van der Waals surface area (Å²) in [5.41, 5.74) is 0.359. The zero-order chi connectivity index (χ0) is 9.68. The van der Waals surface area contributed by atoms with Crippen LogP contribution in [-0.2, 0) is 13.6 Å². The Morgan fingerprint density at radius 3 is 2.36 bits per heavy atom. The van der Waals surface area contributed by atoms with Gasteiger partial charge in [0, 0.05) is 7.11 Å². The first-order chi connectivity index (χ1) is 6.24. The summed E-state index contributed by atoms with van der Waals surface area (Å²) in [5.74, 6) is -0.633. The number of benzene rings is 1. The molecule has 0 N–H and O–H groups in total. The average molecular weight is 224 g/mol. The fraction of sp³-hybridized carbons (Fsp3) is 0.125. The van der Waals surface area contributed by atoms with Gasteiger partial charge in [-0.3, -0.25) is 0 Å². The molecule has 0 fully saturated rings. The van der Waals surface area contributed by atoms with Gasteiger partial charge in [0.2, 0.25) is 0 Å². The minimum atomic E-state index is -2.67. The molecule has 1 rings (SSSR count). The molecule has 0 spiro atoms. The van der Waals surface area contributed by atoms with E-state index in [9.17, 15) is 9.36 Å². The van der Waals surface area contributed by atoms with Gasteiger partial charge in [0.05, 0.1) is 5.56 Å². The van der Waals surface area contributed by atoms with Crippen molar-refractivity contribution in [1.29, 1.82) is 0 Å². The van der Waals surface area contributed by atoms with Gasteiger partial charge in [-0.2, -0.15) is 0 Å². The van der Waals surface area contributed by atoms with Crippen molar-refractivity contribution >= 4 is 43.8 Å². The van der Waals surface area contributed by atoms with Crippen LogP contribution in [0.3, 0.4) is 0 Å². The monoisotopic (exact) mass is 224 g/mol. The predicted molar refractivity (Wildman–Crippen MR) is 55.0 cm³/mol. The molecule has 1 unspecified atom stereocenters. The van der Waals surface area contributed by atoms with Gasteiger partial charge in [0.25, 0.3) is 0 Å². The Morgan fingerprint density at radius 1 is 1.29 bits per heavy atom. The molecule has 1 aromatic rings. The van der Waals surface area contributed by atoms with Gasteiger partial charge in [-0.25, -0.2) is 9.36 Å². The molecule has 0 bridgehead atoms. The Hall–Kier alpha value is -0.120. The van der Waals surface area contributed by atoms with E-state index in [0.717, 1.165) is 0 Å². The van der Waals surface area contributed by atoms with Crippen LogP contribution in [0.2, 0.25) is 0 Å². The van der Waals surface area contributed by atoms with Crippen molar-refractivity contribution in [2.24, 2.45) is 0 Å². The molecule has 0 aliphatic heterocycles. The SMILES string of the molecule is CO[PH](=O)OC(=O)c1ccccc1.[NaH]. The van der Waals surface area contributed by atoms with Crippen molar-refractivity contribution < 1.29 is 18.4 Å². The number of hydrogen-bond acceptors (Lipinski definition) is 4.